The smallest absolute Gasteiger partial charge is 0.175 e. The summed E-state index contributed by atoms with van der Waals surface area (Å²) < 4.78 is 18.6. The van der Waals surface area contributed by atoms with Gasteiger partial charge in [-0.2, -0.15) is 0 Å². The van der Waals surface area contributed by atoms with Gasteiger partial charge in [0.1, 0.15) is 0 Å². The van der Waals surface area contributed by atoms with E-state index in [9.17, 15) is 4.39 Å². The molecule has 1 aromatic rings. The van der Waals surface area contributed by atoms with Crippen molar-refractivity contribution in [3.05, 3.63) is 28.0 Å². The molecule has 0 atom stereocenters. The van der Waals surface area contributed by atoms with E-state index in [0.29, 0.717) is 4.47 Å². The standard InChI is InChI=1S/C8H7BrFNO2/c1-13-7-3-2-6(9)5(4-11-12)8(7)10/h2-4,12H,1H3/b11-4+. The Hall–Kier alpha value is -1.10. The van der Waals surface area contributed by atoms with Crippen LogP contribution in [0.15, 0.2) is 21.8 Å². The molecule has 0 aliphatic heterocycles. The van der Waals surface area contributed by atoms with Gasteiger partial charge in [-0.1, -0.05) is 21.1 Å². The highest BCUT2D eigenvalue weighted by atomic mass is 79.9. The molecule has 1 aromatic carbocycles. The Bertz CT molecular complexity index is 341. The van der Waals surface area contributed by atoms with Gasteiger partial charge in [0.25, 0.3) is 0 Å². The lowest BCUT2D eigenvalue weighted by molar-refractivity contribution is 0.321. The number of methoxy groups -OCH3 is 1. The molecule has 0 aromatic heterocycles. The monoisotopic (exact) mass is 247 g/mol. The Balaban J connectivity index is 3.29. The summed E-state index contributed by atoms with van der Waals surface area (Å²) in [4.78, 5) is 0. The molecule has 1 rings (SSSR count). The number of hydrogen-bond acceptors (Lipinski definition) is 3. The largest absolute Gasteiger partial charge is 0.494 e. The van der Waals surface area contributed by atoms with Crippen molar-refractivity contribution in [3.8, 4) is 5.75 Å². The molecule has 0 aliphatic carbocycles. The van der Waals surface area contributed by atoms with E-state index in [1.807, 2.05) is 0 Å². The van der Waals surface area contributed by atoms with Crippen molar-refractivity contribution < 1.29 is 14.3 Å². The van der Waals surface area contributed by atoms with Crippen LogP contribution in [0.5, 0.6) is 5.75 Å². The highest BCUT2D eigenvalue weighted by Gasteiger charge is 2.10. The molecule has 0 unspecified atom stereocenters. The maximum absolute atomic E-state index is 13.4. The van der Waals surface area contributed by atoms with Gasteiger partial charge >= 0.3 is 0 Å². The van der Waals surface area contributed by atoms with Crippen LogP contribution in [-0.4, -0.2) is 18.5 Å². The van der Waals surface area contributed by atoms with E-state index in [1.54, 1.807) is 6.07 Å². The molecule has 70 valence electrons. The summed E-state index contributed by atoms with van der Waals surface area (Å²) in [6, 6.07) is 3.09. The number of halogens is 2. The van der Waals surface area contributed by atoms with Crippen LogP contribution < -0.4 is 4.74 Å². The van der Waals surface area contributed by atoms with Gasteiger partial charge in [-0.25, -0.2) is 4.39 Å². The SMILES string of the molecule is COc1ccc(Br)c(/C=N/O)c1F. The van der Waals surface area contributed by atoms with Gasteiger partial charge in [0.05, 0.1) is 13.3 Å². The fourth-order valence-electron chi connectivity index (χ4n) is 0.883. The third-order valence-electron chi connectivity index (χ3n) is 1.50. The maximum Gasteiger partial charge on any atom is 0.175 e. The predicted octanol–water partition coefficient (Wildman–Crippen LogP) is 2.40. The quantitative estimate of drug-likeness (QED) is 0.496. The second-order valence-corrected chi connectivity index (χ2v) is 3.08. The fourth-order valence-corrected chi connectivity index (χ4v) is 1.29. The van der Waals surface area contributed by atoms with Gasteiger partial charge in [-0.05, 0) is 12.1 Å². The molecule has 0 fully saturated rings. The lowest BCUT2D eigenvalue weighted by Crippen LogP contribution is -1.95. The zero-order chi connectivity index (χ0) is 9.84. The summed E-state index contributed by atoms with van der Waals surface area (Å²) in [5.74, 6) is -0.451. The number of oxime groups is 1. The minimum absolute atomic E-state index is 0.109. The van der Waals surface area contributed by atoms with E-state index in [4.69, 9.17) is 9.94 Å². The van der Waals surface area contributed by atoms with E-state index in [2.05, 4.69) is 21.1 Å². The first-order valence-electron chi connectivity index (χ1n) is 3.40. The van der Waals surface area contributed by atoms with Gasteiger partial charge in [-0.15, -0.1) is 0 Å². The molecule has 13 heavy (non-hydrogen) atoms. The highest BCUT2D eigenvalue weighted by molar-refractivity contribution is 9.10. The molecule has 0 spiro atoms. The van der Waals surface area contributed by atoms with Crippen LogP contribution in [-0.2, 0) is 0 Å². The first-order valence-corrected chi connectivity index (χ1v) is 4.19. The summed E-state index contributed by atoms with van der Waals surface area (Å²) in [5, 5.41) is 11.0. The molecule has 0 bridgehead atoms. The van der Waals surface area contributed by atoms with Gasteiger partial charge < -0.3 is 9.94 Å². The van der Waals surface area contributed by atoms with Crippen LogP contribution in [0.1, 0.15) is 5.56 Å². The lowest BCUT2D eigenvalue weighted by atomic mass is 10.2. The van der Waals surface area contributed by atoms with Crippen molar-refractivity contribution in [3.63, 3.8) is 0 Å². The highest BCUT2D eigenvalue weighted by Crippen LogP contribution is 2.25. The average Bonchev–Trinajstić information content (AvgIpc) is 2.12. The molecule has 0 saturated heterocycles. The van der Waals surface area contributed by atoms with Crippen molar-refractivity contribution in [2.75, 3.05) is 7.11 Å². The van der Waals surface area contributed by atoms with E-state index in [1.165, 1.54) is 13.2 Å². The Morgan fingerprint density at radius 1 is 1.62 bits per heavy atom. The molecular weight excluding hydrogens is 241 g/mol. The van der Waals surface area contributed by atoms with E-state index >= 15 is 0 Å². The second-order valence-electron chi connectivity index (χ2n) is 2.22. The zero-order valence-electron chi connectivity index (χ0n) is 6.79. The van der Waals surface area contributed by atoms with Crippen LogP contribution in [0, 0.1) is 5.82 Å². The fraction of sp³-hybridized carbons (Fsp3) is 0.125. The summed E-state index contributed by atoms with van der Waals surface area (Å²) in [7, 11) is 1.37. The number of ether oxygens (including phenoxy) is 1. The Labute approximate surface area is 83.0 Å². The molecule has 0 amide bonds. The summed E-state index contributed by atoms with van der Waals surface area (Å²) in [6.45, 7) is 0. The molecule has 0 heterocycles. The predicted molar refractivity (Wildman–Crippen MR) is 50.0 cm³/mol. The zero-order valence-corrected chi connectivity index (χ0v) is 8.38. The van der Waals surface area contributed by atoms with Crippen molar-refractivity contribution in [1.29, 1.82) is 0 Å². The number of nitrogens with zero attached hydrogens (tertiary/aromatic N) is 1. The molecule has 0 radical (unpaired) electrons. The minimum atomic E-state index is -0.560. The van der Waals surface area contributed by atoms with Crippen LogP contribution >= 0.6 is 15.9 Å². The second kappa shape index (κ2) is 4.23. The summed E-state index contributed by atoms with van der Waals surface area (Å²) in [6.07, 6.45) is 1.00. The van der Waals surface area contributed by atoms with Crippen LogP contribution in [0.3, 0.4) is 0 Å². The Morgan fingerprint density at radius 3 is 2.85 bits per heavy atom. The van der Waals surface area contributed by atoms with Crippen LogP contribution in [0.25, 0.3) is 0 Å². The number of rotatable bonds is 2. The number of benzene rings is 1. The van der Waals surface area contributed by atoms with Gasteiger partial charge in [0.2, 0.25) is 0 Å². The van der Waals surface area contributed by atoms with E-state index in [0.717, 1.165) is 6.21 Å². The van der Waals surface area contributed by atoms with E-state index < -0.39 is 5.82 Å². The van der Waals surface area contributed by atoms with Crippen molar-refractivity contribution >= 4 is 22.1 Å². The first kappa shape index (κ1) is 9.98. The summed E-state index contributed by atoms with van der Waals surface area (Å²) in [5.41, 5.74) is 0.154. The molecule has 3 nitrogen and oxygen atoms in total. The third-order valence-corrected chi connectivity index (χ3v) is 2.19. The van der Waals surface area contributed by atoms with Crippen molar-refractivity contribution in [2.45, 2.75) is 0 Å². The van der Waals surface area contributed by atoms with Gasteiger partial charge in [-0.3, -0.25) is 0 Å². The summed E-state index contributed by atoms with van der Waals surface area (Å²) >= 11 is 3.11. The maximum atomic E-state index is 13.4. The van der Waals surface area contributed by atoms with Crippen LogP contribution in [0.4, 0.5) is 4.39 Å². The van der Waals surface area contributed by atoms with Crippen molar-refractivity contribution in [2.24, 2.45) is 5.16 Å². The van der Waals surface area contributed by atoms with Gasteiger partial charge in [0, 0.05) is 10.0 Å². The van der Waals surface area contributed by atoms with Crippen molar-refractivity contribution in [1.82, 2.24) is 0 Å². The topological polar surface area (TPSA) is 41.8 Å². The first-order chi connectivity index (χ1) is 6.20. The Morgan fingerprint density at radius 2 is 2.31 bits per heavy atom. The minimum Gasteiger partial charge on any atom is -0.494 e. The molecule has 5 heteroatoms. The van der Waals surface area contributed by atoms with Gasteiger partial charge in [0.15, 0.2) is 11.6 Å². The normalized spacial score (nSPS) is 10.7. The lowest BCUT2D eigenvalue weighted by Gasteiger charge is -2.04. The van der Waals surface area contributed by atoms with Crippen LogP contribution in [0.2, 0.25) is 0 Å². The number of hydrogen-bond donors (Lipinski definition) is 1. The molecular formula is C8H7BrFNO2. The Kier molecular flexibility index (Phi) is 3.25. The third kappa shape index (κ3) is 1.98. The average molecular weight is 248 g/mol. The molecule has 0 aliphatic rings. The van der Waals surface area contributed by atoms with E-state index in [-0.39, 0.29) is 11.3 Å². The molecule has 0 saturated carbocycles. The molecule has 1 N–H and O–H groups in total.